The van der Waals surface area contributed by atoms with E-state index in [2.05, 4.69) is 5.32 Å². The lowest BCUT2D eigenvalue weighted by atomic mass is 9.87. The van der Waals surface area contributed by atoms with Crippen molar-refractivity contribution in [3.05, 3.63) is 0 Å². The zero-order chi connectivity index (χ0) is 23.5. The summed E-state index contributed by atoms with van der Waals surface area (Å²) in [6.07, 6.45) is 15.6. The predicted octanol–water partition coefficient (Wildman–Crippen LogP) is 5.40. The van der Waals surface area contributed by atoms with Gasteiger partial charge in [0.1, 0.15) is 11.8 Å². The zero-order valence-electron chi connectivity index (χ0n) is 20.2. The lowest BCUT2D eigenvalue weighted by Crippen LogP contribution is -2.41. The molecule has 0 aromatic carbocycles. The summed E-state index contributed by atoms with van der Waals surface area (Å²) in [5.41, 5.74) is -0.492. The molecule has 0 rings (SSSR count). The number of hydrogen-bond donors (Lipinski definition) is 3. The molecule has 0 aromatic rings. The van der Waals surface area contributed by atoms with Crippen LogP contribution in [0.4, 0.5) is 0 Å². The number of amides is 1. The largest absolute Gasteiger partial charge is 0.480 e. The van der Waals surface area contributed by atoms with Crippen LogP contribution < -0.4 is 5.32 Å². The first-order chi connectivity index (χ1) is 14.7. The lowest BCUT2D eigenvalue weighted by molar-refractivity contribution is -0.142. The van der Waals surface area contributed by atoms with Crippen molar-refractivity contribution in [3.8, 4) is 0 Å². The van der Waals surface area contributed by atoms with E-state index in [4.69, 9.17) is 5.11 Å². The Morgan fingerprint density at radius 3 is 1.52 bits per heavy atom. The number of aliphatic carboxylic acids is 1. The molecule has 0 aliphatic carbocycles. The van der Waals surface area contributed by atoms with Crippen molar-refractivity contribution < 1.29 is 24.6 Å². The fourth-order valence-corrected chi connectivity index (χ4v) is 3.52. The van der Waals surface area contributed by atoms with E-state index in [-0.39, 0.29) is 24.5 Å². The topological polar surface area (TPSA) is 104 Å². The molecule has 0 bridgehead atoms. The van der Waals surface area contributed by atoms with Crippen LogP contribution in [0.5, 0.6) is 0 Å². The molecule has 0 spiro atoms. The molecule has 6 nitrogen and oxygen atoms in total. The normalized spacial score (nSPS) is 12.5. The number of carbonyl (C=O) groups excluding carboxylic acids is 2. The second-order valence-electron chi connectivity index (χ2n) is 9.74. The highest BCUT2D eigenvalue weighted by Crippen LogP contribution is 2.18. The number of carbonyl (C=O) groups is 3. The first-order valence-corrected chi connectivity index (χ1v) is 12.3. The van der Waals surface area contributed by atoms with Gasteiger partial charge in [-0.05, 0) is 19.3 Å². The minimum atomic E-state index is -1.08. The standard InChI is InChI=1S/C25H47NO5/c1-25(2,3)22(28)19-18-21(24(30)31)26-23(29)17-15-13-11-9-7-5-4-6-8-10-12-14-16-20-27/h21,27H,4-20H2,1-3H3,(H,26,29)(H,30,31)/t21-/m0/s1. The van der Waals surface area contributed by atoms with Crippen LogP contribution in [-0.2, 0) is 14.4 Å². The molecule has 31 heavy (non-hydrogen) atoms. The van der Waals surface area contributed by atoms with Crippen LogP contribution in [0.3, 0.4) is 0 Å². The number of ketones is 1. The van der Waals surface area contributed by atoms with E-state index in [0.717, 1.165) is 32.1 Å². The predicted molar refractivity (Wildman–Crippen MR) is 125 cm³/mol. The van der Waals surface area contributed by atoms with Crippen molar-refractivity contribution in [3.63, 3.8) is 0 Å². The molecule has 0 aliphatic heterocycles. The van der Waals surface area contributed by atoms with Gasteiger partial charge in [0.25, 0.3) is 0 Å². The van der Waals surface area contributed by atoms with Gasteiger partial charge in [-0.15, -0.1) is 0 Å². The van der Waals surface area contributed by atoms with Crippen molar-refractivity contribution in [2.45, 2.75) is 130 Å². The number of hydrogen-bond acceptors (Lipinski definition) is 4. The Bertz CT molecular complexity index is 499. The second-order valence-corrected chi connectivity index (χ2v) is 9.74. The van der Waals surface area contributed by atoms with Crippen molar-refractivity contribution in [2.75, 3.05) is 6.61 Å². The van der Waals surface area contributed by atoms with Gasteiger partial charge in [0.05, 0.1) is 0 Å². The molecular weight excluding hydrogens is 394 g/mol. The molecule has 0 aliphatic rings. The lowest BCUT2D eigenvalue weighted by Gasteiger charge is -2.19. The highest BCUT2D eigenvalue weighted by atomic mass is 16.4. The first-order valence-electron chi connectivity index (χ1n) is 12.3. The van der Waals surface area contributed by atoms with Gasteiger partial charge in [0.2, 0.25) is 5.91 Å². The van der Waals surface area contributed by atoms with Crippen molar-refractivity contribution in [1.82, 2.24) is 5.32 Å². The summed E-state index contributed by atoms with van der Waals surface area (Å²) in [5.74, 6) is -1.32. The molecule has 1 atom stereocenters. The summed E-state index contributed by atoms with van der Waals surface area (Å²) in [7, 11) is 0. The number of carboxylic acid groups (broad SMARTS) is 1. The quantitative estimate of drug-likeness (QED) is 0.219. The monoisotopic (exact) mass is 441 g/mol. The van der Waals surface area contributed by atoms with Crippen LogP contribution in [0.15, 0.2) is 0 Å². The minimum Gasteiger partial charge on any atom is -0.480 e. The molecule has 1 amide bonds. The summed E-state index contributed by atoms with van der Waals surface area (Å²) in [5, 5.41) is 20.6. The first kappa shape index (κ1) is 29.6. The molecule has 0 saturated carbocycles. The molecule has 0 saturated heterocycles. The number of aliphatic hydroxyl groups is 1. The molecule has 0 fully saturated rings. The molecule has 182 valence electrons. The van der Waals surface area contributed by atoms with Gasteiger partial charge < -0.3 is 15.5 Å². The van der Waals surface area contributed by atoms with Crippen molar-refractivity contribution >= 4 is 17.7 Å². The van der Waals surface area contributed by atoms with Gasteiger partial charge in [-0.2, -0.15) is 0 Å². The van der Waals surface area contributed by atoms with Gasteiger partial charge in [-0.25, -0.2) is 4.79 Å². The zero-order valence-corrected chi connectivity index (χ0v) is 20.2. The number of unbranched alkanes of at least 4 members (excludes halogenated alkanes) is 12. The third-order valence-electron chi connectivity index (χ3n) is 5.69. The van der Waals surface area contributed by atoms with Gasteiger partial charge in [0, 0.05) is 24.9 Å². The SMILES string of the molecule is CC(C)(C)C(=O)CC[C@H](NC(=O)CCCCCCCCCCCCCCCO)C(=O)O. The maximum Gasteiger partial charge on any atom is 0.326 e. The molecule has 0 heterocycles. The van der Waals surface area contributed by atoms with Crippen LogP contribution in [0.1, 0.15) is 124 Å². The molecule has 0 aromatic heterocycles. The van der Waals surface area contributed by atoms with Crippen LogP contribution in [-0.4, -0.2) is 40.5 Å². The van der Waals surface area contributed by atoms with Gasteiger partial charge in [-0.1, -0.05) is 91.4 Å². The highest BCUT2D eigenvalue weighted by Gasteiger charge is 2.25. The van der Waals surface area contributed by atoms with Crippen molar-refractivity contribution in [1.29, 1.82) is 0 Å². The maximum absolute atomic E-state index is 12.0. The fourth-order valence-electron chi connectivity index (χ4n) is 3.52. The van der Waals surface area contributed by atoms with Gasteiger partial charge in [-0.3, -0.25) is 9.59 Å². The Labute approximate surface area is 189 Å². The number of aliphatic hydroxyl groups excluding tert-OH is 1. The third-order valence-corrected chi connectivity index (χ3v) is 5.69. The Hall–Kier alpha value is -1.43. The van der Waals surface area contributed by atoms with Crippen LogP contribution in [0.2, 0.25) is 0 Å². The number of Topliss-reactive ketones (excluding diaryl/α,β-unsaturated/α-hetero) is 1. The van der Waals surface area contributed by atoms with Crippen LogP contribution in [0, 0.1) is 5.41 Å². The average Bonchev–Trinajstić information content (AvgIpc) is 2.70. The maximum atomic E-state index is 12.0. The van der Waals surface area contributed by atoms with E-state index in [1.165, 1.54) is 51.4 Å². The van der Waals surface area contributed by atoms with Gasteiger partial charge in [0.15, 0.2) is 0 Å². The number of nitrogens with one attached hydrogen (secondary N) is 1. The van der Waals surface area contributed by atoms with Gasteiger partial charge >= 0.3 is 5.97 Å². The van der Waals surface area contributed by atoms with E-state index in [9.17, 15) is 19.5 Å². The summed E-state index contributed by atoms with van der Waals surface area (Å²) in [6, 6.07) is -0.992. The molecular formula is C25H47NO5. The Morgan fingerprint density at radius 2 is 1.13 bits per heavy atom. The van der Waals surface area contributed by atoms with Crippen LogP contribution >= 0.6 is 0 Å². The van der Waals surface area contributed by atoms with Crippen LogP contribution in [0.25, 0.3) is 0 Å². The highest BCUT2D eigenvalue weighted by molar-refractivity contribution is 5.86. The van der Waals surface area contributed by atoms with E-state index in [1.54, 1.807) is 0 Å². The van der Waals surface area contributed by atoms with E-state index >= 15 is 0 Å². The second kappa shape index (κ2) is 18.2. The van der Waals surface area contributed by atoms with E-state index < -0.39 is 17.4 Å². The Balaban J connectivity index is 3.68. The van der Waals surface area contributed by atoms with Crippen molar-refractivity contribution in [2.24, 2.45) is 5.41 Å². The van der Waals surface area contributed by atoms with E-state index in [0.29, 0.717) is 13.0 Å². The number of rotatable bonds is 20. The minimum absolute atomic E-state index is 0.00560. The smallest absolute Gasteiger partial charge is 0.326 e. The molecule has 3 N–H and O–H groups in total. The summed E-state index contributed by atoms with van der Waals surface area (Å²) < 4.78 is 0. The molecule has 0 unspecified atom stereocenters. The Kier molecular flexibility index (Phi) is 17.3. The Morgan fingerprint density at radius 1 is 0.710 bits per heavy atom. The molecule has 6 heteroatoms. The molecule has 0 radical (unpaired) electrons. The fraction of sp³-hybridized carbons (Fsp3) is 0.880. The summed E-state index contributed by atoms with van der Waals surface area (Å²) >= 11 is 0. The summed E-state index contributed by atoms with van der Waals surface area (Å²) in [6.45, 7) is 5.75. The number of carboxylic acids is 1. The van der Waals surface area contributed by atoms with E-state index in [1.807, 2.05) is 20.8 Å². The third kappa shape index (κ3) is 17.9. The average molecular weight is 442 g/mol. The summed E-state index contributed by atoms with van der Waals surface area (Å²) in [4.78, 5) is 35.4.